The Bertz CT molecular complexity index is 747. The van der Waals surface area contributed by atoms with Gasteiger partial charge in [-0.15, -0.1) is 0 Å². The number of aliphatic hydroxyl groups is 1. The average Bonchev–Trinajstić information content (AvgIpc) is 3.34. The molecule has 1 amide bonds. The molecule has 2 aromatic rings. The molecule has 0 radical (unpaired) electrons. The molecule has 3 atom stereocenters. The number of nitrogens with zero attached hydrogens (tertiary/aromatic N) is 2. The zero-order chi connectivity index (χ0) is 19.4. The average molecular weight is 372 g/mol. The van der Waals surface area contributed by atoms with Crippen molar-refractivity contribution in [1.82, 2.24) is 20.2 Å². The van der Waals surface area contributed by atoms with Gasteiger partial charge >= 0.3 is 0 Å². The molecule has 3 unspecified atom stereocenters. The van der Waals surface area contributed by atoms with E-state index in [4.69, 9.17) is 4.74 Å². The lowest BCUT2D eigenvalue weighted by atomic mass is 10.0. The normalized spacial score (nSPS) is 19.4. The van der Waals surface area contributed by atoms with Gasteiger partial charge in [0.25, 0.3) is 0 Å². The van der Waals surface area contributed by atoms with Crippen LogP contribution >= 0.6 is 0 Å². The van der Waals surface area contributed by atoms with Gasteiger partial charge in [-0.1, -0.05) is 44.2 Å². The highest BCUT2D eigenvalue weighted by atomic mass is 16.6. The molecule has 7 nitrogen and oxygen atoms in total. The Morgan fingerprint density at radius 1 is 1.37 bits per heavy atom. The van der Waals surface area contributed by atoms with Gasteiger partial charge in [0.1, 0.15) is 5.82 Å². The van der Waals surface area contributed by atoms with Crippen molar-refractivity contribution in [2.45, 2.75) is 45.2 Å². The number of hydrogen-bond acceptors (Lipinski definition) is 5. The van der Waals surface area contributed by atoms with Crippen molar-refractivity contribution in [2.24, 2.45) is 5.92 Å². The lowest BCUT2D eigenvalue weighted by Crippen LogP contribution is -2.52. The third kappa shape index (κ3) is 4.37. The molecule has 1 aliphatic heterocycles. The van der Waals surface area contributed by atoms with E-state index in [9.17, 15) is 9.90 Å². The zero-order valence-corrected chi connectivity index (χ0v) is 16.1. The predicted molar refractivity (Wildman–Crippen MR) is 102 cm³/mol. The van der Waals surface area contributed by atoms with Crippen molar-refractivity contribution in [2.75, 3.05) is 13.7 Å². The first-order valence-electron chi connectivity index (χ1n) is 9.39. The van der Waals surface area contributed by atoms with Crippen LogP contribution in [0.25, 0.3) is 11.3 Å². The molecule has 1 aliphatic rings. The van der Waals surface area contributed by atoms with E-state index in [0.29, 0.717) is 6.54 Å². The van der Waals surface area contributed by atoms with Crippen molar-refractivity contribution in [3.05, 3.63) is 42.4 Å². The number of carbonyl (C=O) groups is 1. The van der Waals surface area contributed by atoms with Crippen LogP contribution in [0.5, 0.6) is 0 Å². The maximum atomic E-state index is 13.2. The Hall–Kier alpha value is -2.22. The van der Waals surface area contributed by atoms with Crippen LogP contribution in [-0.4, -0.2) is 52.0 Å². The molecule has 7 heteroatoms. The molecule has 1 aromatic heterocycles. The number of amides is 1. The van der Waals surface area contributed by atoms with Crippen LogP contribution < -0.4 is 5.32 Å². The molecule has 2 heterocycles. The van der Waals surface area contributed by atoms with Gasteiger partial charge < -0.3 is 19.7 Å². The molecule has 1 aromatic carbocycles. The number of methoxy groups -OCH3 is 1. The SMILES string of the molecule is COC(O)NC(C(=O)N1CCCC1c1ncc(-c2ccccc2)[nH]1)C(C)C. The first kappa shape index (κ1) is 19.5. The van der Waals surface area contributed by atoms with E-state index in [1.54, 1.807) is 0 Å². The van der Waals surface area contributed by atoms with E-state index in [0.717, 1.165) is 29.9 Å². The maximum Gasteiger partial charge on any atom is 0.240 e. The second-order valence-corrected chi connectivity index (χ2v) is 7.21. The molecule has 0 bridgehead atoms. The Balaban J connectivity index is 1.78. The van der Waals surface area contributed by atoms with Crippen molar-refractivity contribution < 1.29 is 14.6 Å². The van der Waals surface area contributed by atoms with Crippen LogP contribution in [0.2, 0.25) is 0 Å². The second kappa shape index (κ2) is 8.65. The fourth-order valence-corrected chi connectivity index (χ4v) is 3.53. The fraction of sp³-hybridized carbons (Fsp3) is 0.500. The van der Waals surface area contributed by atoms with Gasteiger partial charge in [0.15, 0.2) is 0 Å². The number of benzene rings is 1. The Kier molecular flexibility index (Phi) is 6.26. The van der Waals surface area contributed by atoms with E-state index in [1.807, 2.05) is 55.3 Å². The molecule has 1 fully saturated rings. The molecule has 0 aliphatic carbocycles. The minimum absolute atomic E-state index is 0.0139. The van der Waals surface area contributed by atoms with Crippen LogP contribution in [0.4, 0.5) is 0 Å². The number of nitrogens with one attached hydrogen (secondary N) is 2. The van der Waals surface area contributed by atoms with Crippen molar-refractivity contribution in [1.29, 1.82) is 0 Å². The van der Waals surface area contributed by atoms with E-state index in [2.05, 4.69) is 15.3 Å². The number of hydrogen-bond donors (Lipinski definition) is 3. The highest BCUT2D eigenvalue weighted by Gasteiger charge is 2.37. The Morgan fingerprint density at radius 3 is 2.78 bits per heavy atom. The standard InChI is InChI=1S/C20H28N4O3/c1-13(2)17(23-20(26)27-3)19(25)24-11-7-10-16(24)18-21-12-15(22-18)14-8-5-4-6-9-14/h4-6,8-9,12-13,16-17,20,23,26H,7,10-11H2,1-3H3,(H,21,22). The topological polar surface area (TPSA) is 90.5 Å². The molecular formula is C20H28N4O3. The fourth-order valence-electron chi connectivity index (χ4n) is 3.53. The lowest BCUT2D eigenvalue weighted by molar-refractivity contribution is -0.145. The van der Waals surface area contributed by atoms with Crippen LogP contribution in [0.1, 0.15) is 38.6 Å². The summed E-state index contributed by atoms with van der Waals surface area (Å²) in [5.74, 6) is 0.774. The summed E-state index contributed by atoms with van der Waals surface area (Å²) in [6, 6.07) is 9.40. The monoisotopic (exact) mass is 372 g/mol. The highest BCUT2D eigenvalue weighted by Crippen LogP contribution is 2.32. The number of H-pyrrole nitrogens is 1. The summed E-state index contributed by atoms with van der Waals surface area (Å²) in [5.41, 5.74) is 2.01. The Labute approximate surface area is 159 Å². The minimum Gasteiger partial charge on any atom is -0.356 e. The largest absolute Gasteiger partial charge is 0.356 e. The first-order valence-corrected chi connectivity index (χ1v) is 9.39. The smallest absolute Gasteiger partial charge is 0.240 e. The van der Waals surface area contributed by atoms with Crippen molar-refractivity contribution in [3.63, 3.8) is 0 Å². The summed E-state index contributed by atoms with van der Waals surface area (Å²) in [6.45, 7) is 4.58. The highest BCUT2D eigenvalue weighted by molar-refractivity contribution is 5.82. The Morgan fingerprint density at radius 2 is 2.11 bits per heavy atom. The van der Waals surface area contributed by atoms with Gasteiger partial charge in [0.05, 0.1) is 24.0 Å². The molecular weight excluding hydrogens is 344 g/mol. The molecule has 1 saturated heterocycles. The second-order valence-electron chi connectivity index (χ2n) is 7.21. The van der Waals surface area contributed by atoms with Gasteiger partial charge in [-0.2, -0.15) is 0 Å². The predicted octanol–water partition coefficient (Wildman–Crippen LogP) is 2.28. The van der Waals surface area contributed by atoms with Gasteiger partial charge in [-0.25, -0.2) is 4.98 Å². The van der Waals surface area contributed by atoms with Crippen molar-refractivity contribution >= 4 is 5.91 Å². The van der Waals surface area contributed by atoms with E-state index in [1.165, 1.54) is 7.11 Å². The zero-order valence-electron chi connectivity index (χ0n) is 16.1. The van der Waals surface area contributed by atoms with Crippen molar-refractivity contribution in [3.8, 4) is 11.3 Å². The molecule has 0 spiro atoms. The van der Waals surface area contributed by atoms with Crippen LogP contribution in [0, 0.1) is 5.92 Å². The lowest BCUT2D eigenvalue weighted by Gasteiger charge is -2.31. The van der Waals surface area contributed by atoms with E-state index in [-0.39, 0.29) is 17.9 Å². The summed E-state index contributed by atoms with van der Waals surface area (Å²) in [4.78, 5) is 22.9. The summed E-state index contributed by atoms with van der Waals surface area (Å²) >= 11 is 0. The van der Waals surface area contributed by atoms with Gasteiger partial charge in [0, 0.05) is 13.7 Å². The van der Waals surface area contributed by atoms with Crippen LogP contribution in [0.15, 0.2) is 36.5 Å². The number of aliphatic hydroxyl groups excluding tert-OH is 1. The van der Waals surface area contributed by atoms with Gasteiger partial charge in [0.2, 0.25) is 12.3 Å². The molecule has 3 rings (SSSR count). The van der Waals surface area contributed by atoms with Gasteiger partial charge in [-0.3, -0.25) is 10.1 Å². The van der Waals surface area contributed by atoms with E-state index < -0.39 is 12.5 Å². The number of aromatic nitrogens is 2. The third-order valence-corrected chi connectivity index (χ3v) is 5.01. The molecule has 0 saturated carbocycles. The van der Waals surface area contributed by atoms with E-state index >= 15 is 0 Å². The summed E-state index contributed by atoms with van der Waals surface area (Å²) in [7, 11) is 1.39. The molecule has 27 heavy (non-hydrogen) atoms. The first-order chi connectivity index (χ1) is 13.0. The molecule has 3 N–H and O–H groups in total. The number of ether oxygens (including phenoxy) is 1. The number of rotatable bonds is 7. The number of likely N-dealkylation sites (tertiary alicyclic amines) is 1. The quantitative estimate of drug-likeness (QED) is 0.649. The third-order valence-electron chi connectivity index (χ3n) is 5.01. The summed E-state index contributed by atoms with van der Waals surface area (Å²) in [5, 5.41) is 12.6. The number of carbonyl (C=O) groups excluding carboxylic acids is 1. The van der Waals surface area contributed by atoms with Crippen LogP contribution in [-0.2, 0) is 9.53 Å². The number of imidazole rings is 1. The minimum atomic E-state index is -1.17. The van der Waals surface area contributed by atoms with Gasteiger partial charge in [-0.05, 0) is 24.3 Å². The van der Waals surface area contributed by atoms with Crippen LogP contribution in [0.3, 0.4) is 0 Å². The molecule has 146 valence electrons. The number of aromatic amines is 1. The maximum absolute atomic E-state index is 13.2. The summed E-state index contributed by atoms with van der Waals surface area (Å²) in [6.07, 6.45) is 2.44. The summed E-state index contributed by atoms with van der Waals surface area (Å²) < 4.78 is 4.86.